The number of carbonyl (C=O) groups excluding carboxylic acids is 1. The fraction of sp³-hybridized carbons (Fsp3) is 0.440. The molecule has 2 aromatic heterocycles. The number of nitrogens with zero attached hydrogens (tertiary/aromatic N) is 1. The standard InChI is InChI=1S/C25H29N3OS/c1-16-20(18-11-5-7-13-21(18)27-16)15-26-25-23(19-12-6-8-14-22(19)30-25)24(29)28-17-9-3-2-4-10-17/h5,7,11,13,15,17,27H,2-4,6,8-10,12,14H2,1H3,(H,28,29)/b26-15-. The number of aromatic nitrogens is 1. The number of aryl methyl sites for hydroxylation is 2. The molecule has 3 aromatic rings. The Morgan fingerprint density at radius 3 is 2.80 bits per heavy atom. The molecule has 5 heteroatoms. The number of amides is 1. The molecule has 4 nitrogen and oxygen atoms in total. The first kappa shape index (κ1) is 19.6. The van der Waals surface area contributed by atoms with E-state index in [1.807, 2.05) is 12.3 Å². The normalized spacial score (nSPS) is 17.5. The Hall–Kier alpha value is -2.40. The number of aliphatic imine (C=N–C) groups is 1. The van der Waals surface area contributed by atoms with Crippen LogP contribution >= 0.6 is 11.3 Å². The summed E-state index contributed by atoms with van der Waals surface area (Å²) in [4.78, 5) is 23.0. The minimum Gasteiger partial charge on any atom is -0.358 e. The summed E-state index contributed by atoms with van der Waals surface area (Å²) in [5.41, 5.74) is 5.43. The molecule has 0 atom stereocenters. The molecule has 1 amide bonds. The Morgan fingerprint density at radius 2 is 1.93 bits per heavy atom. The quantitative estimate of drug-likeness (QED) is 0.484. The molecule has 2 N–H and O–H groups in total. The van der Waals surface area contributed by atoms with Crippen molar-refractivity contribution in [1.82, 2.24) is 10.3 Å². The van der Waals surface area contributed by atoms with Gasteiger partial charge in [0.15, 0.2) is 0 Å². The maximum atomic E-state index is 13.3. The van der Waals surface area contributed by atoms with Gasteiger partial charge in [-0.1, -0.05) is 37.5 Å². The molecule has 0 unspecified atom stereocenters. The van der Waals surface area contributed by atoms with E-state index in [0.29, 0.717) is 6.04 Å². The Labute approximate surface area is 181 Å². The van der Waals surface area contributed by atoms with Crippen molar-refractivity contribution in [2.45, 2.75) is 70.8 Å². The SMILES string of the molecule is Cc1[nH]c2ccccc2c1/C=N\c1sc2c(c1C(=O)NC1CCCCC1)CCCC2. The predicted octanol–water partition coefficient (Wildman–Crippen LogP) is 6.23. The number of rotatable bonds is 4. The molecular weight excluding hydrogens is 390 g/mol. The van der Waals surface area contributed by atoms with Gasteiger partial charge >= 0.3 is 0 Å². The lowest BCUT2D eigenvalue weighted by molar-refractivity contribution is 0.0927. The van der Waals surface area contributed by atoms with Gasteiger partial charge in [0.25, 0.3) is 5.91 Å². The third-order valence-electron chi connectivity index (χ3n) is 6.57. The van der Waals surface area contributed by atoms with Crippen LogP contribution in [0.1, 0.15) is 77.0 Å². The highest BCUT2D eigenvalue weighted by molar-refractivity contribution is 7.16. The zero-order valence-corrected chi connectivity index (χ0v) is 18.4. The van der Waals surface area contributed by atoms with Crippen LogP contribution in [-0.2, 0) is 12.8 Å². The zero-order valence-electron chi connectivity index (χ0n) is 17.6. The monoisotopic (exact) mass is 419 g/mol. The molecule has 1 saturated carbocycles. The molecule has 0 saturated heterocycles. The van der Waals surface area contributed by atoms with Gasteiger partial charge in [-0.15, -0.1) is 11.3 Å². The lowest BCUT2D eigenvalue weighted by atomic mass is 9.93. The number of hydrogen-bond donors (Lipinski definition) is 2. The van der Waals surface area contributed by atoms with Gasteiger partial charge in [0.2, 0.25) is 0 Å². The Kier molecular flexibility index (Phi) is 5.47. The molecule has 0 aliphatic heterocycles. The van der Waals surface area contributed by atoms with Gasteiger partial charge in [-0.3, -0.25) is 4.79 Å². The van der Waals surface area contributed by atoms with Crippen molar-refractivity contribution in [2.24, 2.45) is 4.99 Å². The summed E-state index contributed by atoms with van der Waals surface area (Å²) >= 11 is 1.72. The van der Waals surface area contributed by atoms with Gasteiger partial charge in [0.1, 0.15) is 5.00 Å². The first-order valence-electron chi connectivity index (χ1n) is 11.3. The van der Waals surface area contributed by atoms with E-state index in [-0.39, 0.29) is 5.91 Å². The lowest BCUT2D eigenvalue weighted by Crippen LogP contribution is -2.36. The van der Waals surface area contributed by atoms with Crippen LogP contribution < -0.4 is 5.32 Å². The second kappa shape index (κ2) is 8.38. The molecule has 1 fully saturated rings. The molecule has 156 valence electrons. The third kappa shape index (κ3) is 3.71. The zero-order chi connectivity index (χ0) is 20.5. The van der Waals surface area contributed by atoms with E-state index in [1.165, 1.54) is 41.5 Å². The van der Waals surface area contributed by atoms with Crippen molar-refractivity contribution in [3.8, 4) is 0 Å². The first-order chi connectivity index (χ1) is 14.7. The molecule has 1 aromatic carbocycles. The summed E-state index contributed by atoms with van der Waals surface area (Å²) in [6, 6.07) is 8.63. The minimum absolute atomic E-state index is 0.0871. The van der Waals surface area contributed by atoms with Crippen molar-refractivity contribution in [3.63, 3.8) is 0 Å². The summed E-state index contributed by atoms with van der Waals surface area (Å²) < 4.78 is 0. The topological polar surface area (TPSA) is 57.2 Å². The number of H-pyrrole nitrogens is 1. The minimum atomic E-state index is 0.0871. The van der Waals surface area contributed by atoms with E-state index in [0.717, 1.165) is 59.4 Å². The average Bonchev–Trinajstić information content (AvgIpc) is 3.29. The van der Waals surface area contributed by atoms with Crippen LogP contribution in [0.2, 0.25) is 0 Å². The van der Waals surface area contributed by atoms with Crippen molar-refractivity contribution < 1.29 is 4.79 Å². The summed E-state index contributed by atoms with van der Waals surface area (Å²) in [6.45, 7) is 2.08. The number of thiophene rings is 1. The van der Waals surface area contributed by atoms with Gasteiger partial charge in [-0.25, -0.2) is 4.99 Å². The fourth-order valence-corrected chi connectivity index (χ4v) is 6.20. The number of hydrogen-bond acceptors (Lipinski definition) is 3. The highest BCUT2D eigenvalue weighted by Gasteiger charge is 2.27. The van der Waals surface area contributed by atoms with E-state index in [9.17, 15) is 4.79 Å². The van der Waals surface area contributed by atoms with E-state index in [4.69, 9.17) is 4.99 Å². The van der Waals surface area contributed by atoms with E-state index in [1.54, 1.807) is 11.3 Å². The summed E-state index contributed by atoms with van der Waals surface area (Å²) in [5.74, 6) is 0.0871. The molecule has 5 rings (SSSR count). The second-order valence-corrected chi connectivity index (χ2v) is 9.75. The molecule has 2 aliphatic carbocycles. The van der Waals surface area contributed by atoms with Crippen LogP contribution in [0.3, 0.4) is 0 Å². The molecule has 2 heterocycles. The van der Waals surface area contributed by atoms with E-state index < -0.39 is 0 Å². The fourth-order valence-electron chi connectivity index (χ4n) is 4.97. The van der Waals surface area contributed by atoms with Crippen LogP contribution in [0, 0.1) is 6.92 Å². The maximum absolute atomic E-state index is 13.3. The van der Waals surface area contributed by atoms with Crippen LogP contribution in [0.25, 0.3) is 10.9 Å². The van der Waals surface area contributed by atoms with Crippen molar-refractivity contribution in [3.05, 3.63) is 51.5 Å². The number of para-hydroxylation sites is 1. The maximum Gasteiger partial charge on any atom is 0.254 e. The van der Waals surface area contributed by atoms with Gasteiger partial charge in [-0.2, -0.15) is 0 Å². The van der Waals surface area contributed by atoms with Crippen LogP contribution in [0.4, 0.5) is 5.00 Å². The summed E-state index contributed by atoms with van der Waals surface area (Å²) in [5, 5.41) is 5.38. The Balaban J connectivity index is 1.49. The number of nitrogens with one attached hydrogen (secondary N) is 2. The number of carbonyl (C=O) groups is 1. The van der Waals surface area contributed by atoms with Gasteiger partial charge in [0, 0.05) is 39.3 Å². The lowest BCUT2D eigenvalue weighted by Gasteiger charge is -2.23. The van der Waals surface area contributed by atoms with Crippen LogP contribution in [-0.4, -0.2) is 23.1 Å². The van der Waals surface area contributed by atoms with E-state index in [2.05, 4.69) is 35.4 Å². The largest absolute Gasteiger partial charge is 0.358 e. The molecule has 0 spiro atoms. The number of aromatic amines is 1. The van der Waals surface area contributed by atoms with E-state index >= 15 is 0 Å². The summed E-state index contributed by atoms with van der Waals surface area (Å²) in [6.07, 6.45) is 12.3. The third-order valence-corrected chi connectivity index (χ3v) is 7.77. The molecule has 2 aliphatic rings. The predicted molar refractivity (Wildman–Crippen MR) is 126 cm³/mol. The molecule has 30 heavy (non-hydrogen) atoms. The molecule has 0 radical (unpaired) electrons. The Bertz CT molecular complexity index is 1100. The van der Waals surface area contributed by atoms with Crippen molar-refractivity contribution >= 4 is 39.4 Å². The van der Waals surface area contributed by atoms with Crippen molar-refractivity contribution in [2.75, 3.05) is 0 Å². The Morgan fingerprint density at radius 1 is 1.13 bits per heavy atom. The van der Waals surface area contributed by atoms with Crippen LogP contribution in [0.5, 0.6) is 0 Å². The smallest absolute Gasteiger partial charge is 0.254 e. The molecule has 0 bridgehead atoms. The van der Waals surface area contributed by atoms with Gasteiger partial charge < -0.3 is 10.3 Å². The van der Waals surface area contributed by atoms with Crippen molar-refractivity contribution in [1.29, 1.82) is 0 Å². The molecular formula is C25H29N3OS. The number of benzene rings is 1. The van der Waals surface area contributed by atoms with Gasteiger partial charge in [-0.05, 0) is 57.1 Å². The first-order valence-corrected chi connectivity index (χ1v) is 12.1. The van der Waals surface area contributed by atoms with Gasteiger partial charge in [0.05, 0.1) is 5.56 Å². The highest BCUT2D eigenvalue weighted by Crippen LogP contribution is 2.40. The highest BCUT2D eigenvalue weighted by atomic mass is 32.1. The second-order valence-electron chi connectivity index (χ2n) is 8.67. The average molecular weight is 420 g/mol. The summed E-state index contributed by atoms with van der Waals surface area (Å²) in [7, 11) is 0. The number of fused-ring (bicyclic) bond motifs is 2. The van der Waals surface area contributed by atoms with Crippen LogP contribution in [0.15, 0.2) is 29.3 Å².